The Balaban J connectivity index is 2.05. The monoisotopic (exact) mass is 368 g/mol. The van der Waals surface area contributed by atoms with E-state index >= 15 is 0 Å². The molecule has 6 heteroatoms. The summed E-state index contributed by atoms with van der Waals surface area (Å²) in [4.78, 5) is 27.1. The first-order valence-corrected chi connectivity index (χ1v) is 8.88. The van der Waals surface area contributed by atoms with Crippen molar-refractivity contribution in [2.24, 2.45) is 5.73 Å². The molecule has 132 valence electrons. The van der Waals surface area contributed by atoms with E-state index in [1.165, 1.54) is 22.3 Å². The van der Waals surface area contributed by atoms with Gasteiger partial charge in [-0.3, -0.25) is 9.59 Å². The van der Waals surface area contributed by atoms with Crippen molar-refractivity contribution in [3.63, 3.8) is 0 Å². The summed E-state index contributed by atoms with van der Waals surface area (Å²) in [5.41, 5.74) is 6.53. The molecule has 3 rings (SSSR count). The molecule has 2 amide bonds. The Kier molecular flexibility index (Phi) is 5.43. The second kappa shape index (κ2) is 7.93. The Morgan fingerprint density at radius 2 is 1.69 bits per heavy atom. The summed E-state index contributed by atoms with van der Waals surface area (Å²) in [7, 11) is 0. The predicted molar refractivity (Wildman–Crippen MR) is 99.0 cm³/mol. The molecule has 0 aliphatic heterocycles. The molecule has 2 aromatic carbocycles. The van der Waals surface area contributed by atoms with Crippen LogP contribution in [-0.4, -0.2) is 16.7 Å². The number of carbonyl (C=O) groups excluding carboxylic acids is 2. The molecule has 3 aromatic rings. The normalized spacial score (nSPS) is 11.7. The lowest BCUT2D eigenvalue weighted by Crippen LogP contribution is -2.41. The SMILES string of the molecule is NC(=O)[C@@H](c1ccccc1)N(Cc1ccccc1F)C(=O)c1cccs1. The summed E-state index contributed by atoms with van der Waals surface area (Å²) in [6.45, 7) is -0.0636. The van der Waals surface area contributed by atoms with Crippen molar-refractivity contribution in [1.29, 1.82) is 0 Å². The minimum Gasteiger partial charge on any atom is -0.368 e. The molecule has 0 unspecified atom stereocenters. The number of rotatable bonds is 6. The second-order valence-electron chi connectivity index (χ2n) is 5.72. The number of carbonyl (C=O) groups is 2. The first-order valence-electron chi connectivity index (χ1n) is 8.00. The predicted octanol–water partition coefficient (Wildman–Crippen LogP) is 3.76. The Morgan fingerprint density at radius 1 is 1.00 bits per heavy atom. The first-order chi connectivity index (χ1) is 12.6. The fourth-order valence-corrected chi connectivity index (χ4v) is 3.44. The number of amides is 2. The number of benzene rings is 2. The van der Waals surface area contributed by atoms with Gasteiger partial charge >= 0.3 is 0 Å². The van der Waals surface area contributed by atoms with Crippen LogP contribution < -0.4 is 5.73 Å². The number of hydrogen-bond acceptors (Lipinski definition) is 3. The van der Waals surface area contributed by atoms with E-state index in [1.807, 2.05) is 6.07 Å². The van der Waals surface area contributed by atoms with Crippen molar-refractivity contribution < 1.29 is 14.0 Å². The highest BCUT2D eigenvalue weighted by atomic mass is 32.1. The molecule has 26 heavy (non-hydrogen) atoms. The molecule has 0 aliphatic rings. The molecule has 0 saturated carbocycles. The third-order valence-corrected chi connectivity index (χ3v) is 4.85. The highest BCUT2D eigenvalue weighted by molar-refractivity contribution is 7.12. The third kappa shape index (κ3) is 3.81. The molecule has 0 spiro atoms. The largest absolute Gasteiger partial charge is 0.368 e. The zero-order valence-electron chi connectivity index (χ0n) is 13.8. The molecule has 0 radical (unpaired) electrons. The van der Waals surface area contributed by atoms with Gasteiger partial charge in [-0.25, -0.2) is 4.39 Å². The standard InChI is InChI=1S/C20H17FN2O2S/c21-16-10-5-4-9-15(16)13-23(20(25)17-11-6-12-26-17)18(19(22)24)14-7-2-1-3-8-14/h1-12,18H,13H2,(H2,22,24)/t18-/m1/s1. The number of primary amides is 1. The maximum atomic E-state index is 14.2. The van der Waals surface area contributed by atoms with Crippen molar-refractivity contribution in [3.05, 3.63) is 93.9 Å². The lowest BCUT2D eigenvalue weighted by atomic mass is 10.0. The fraction of sp³-hybridized carbons (Fsp3) is 0.100. The van der Waals surface area contributed by atoms with E-state index in [1.54, 1.807) is 60.0 Å². The number of hydrogen-bond donors (Lipinski definition) is 1. The zero-order valence-corrected chi connectivity index (χ0v) is 14.7. The Labute approximate surface area is 154 Å². The second-order valence-corrected chi connectivity index (χ2v) is 6.67. The van der Waals surface area contributed by atoms with Crippen LogP contribution in [-0.2, 0) is 11.3 Å². The summed E-state index contributed by atoms with van der Waals surface area (Å²) in [6.07, 6.45) is 0. The molecule has 0 fully saturated rings. The van der Waals surface area contributed by atoms with E-state index in [0.29, 0.717) is 16.0 Å². The number of nitrogens with zero attached hydrogens (tertiary/aromatic N) is 1. The Bertz CT molecular complexity index is 897. The van der Waals surface area contributed by atoms with Gasteiger partial charge < -0.3 is 10.6 Å². The van der Waals surface area contributed by atoms with Crippen LogP contribution in [0.25, 0.3) is 0 Å². The highest BCUT2D eigenvalue weighted by Gasteiger charge is 2.31. The molecule has 0 aliphatic carbocycles. The van der Waals surface area contributed by atoms with E-state index < -0.39 is 17.8 Å². The van der Waals surface area contributed by atoms with Gasteiger partial charge in [0.25, 0.3) is 5.91 Å². The van der Waals surface area contributed by atoms with Crippen LogP contribution in [0.2, 0.25) is 0 Å². The van der Waals surface area contributed by atoms with Gasteiger partial charge in [-0.15, -0.1) is 11.3 Å². The molecule has 1 aromatic heterocycles. The van der Waals surface area contributed by atoms with Gasteiger partial charge in [-0.1, -0.05) is 54.6 Å². The van der Waals surface area contributed by atoms with Crippen LogP contribution in [0, 0.1) is 5.82 Å². The van der Waals surface area contributed by atoms with E-state index in [2.05, 4.69) is 0 Å². The summed E-state index contributed by atoms with van der Waals surface area (Å²) in [5.74, 6) is -1.47. The van der Waals surface area contributed by atoms with Crippen molar-refractivity contribution in [3.8, 4) is 0 Å². The fourth-order valence-electron chi connectivity index (χ4n) is 2.77. The van der Waals surface area contributed by atoms with Crippen LogP contribution in [0.4, 0.5) is 4.39 Å². The van der Waals surface area contributed by atoms with Gasteiger partial charge in [-0.05, 0) is 23.1 Å². The minimum atomic E-state index is -0.995. The highest BCUT2D eigenvalue weighted by Crippen LogP contribution is 2.27. The zero-order chi connectivity index (χ0) is 18.5. The van der Waals surface area contributed by atoms with E-state index in [-0.39, 0.29) is 12.5 Å². The van der Waals surface area contributed by atoms with Crippen LogP contribution in [0.5, 0.6) is 0 Å². The van der Waals surface area contributed by atoms with Gasteiger partial charge in [0.2, 0.25) is 5.91 Å². The molecular formula is C20H17FN2O2S. The molecule has 1 heterocycles. The third-order valence-electron chi connectivity index (χ3n) is 3.99. The molecule has 0 bridgehead atoms. The van der Waals surface area contributed by atoms with E-state index in [4.69, 9.17) is 5.73 Å². The lowest BCUT2D eigenvalue weighted by Gasteiger charge is -2.30. The summed E-state index contributed by atoms with van der Waals surface area (Å²) >= 11 is 1.26. The average Bonchev–Trinajstić information content (AvgIpc) is 3.17. The van der Waals surface area contributed by atoms with Crippen LogP contribution in [0.15, 0.2) is 72.1 Å². The van der Waals surface area contributed by atoms with Gasteiger partial charge in [0.05, 0.1) is 11.4 Å². The van der Waals surface area contributed by atoms with Gasteiger partial charge in [0, 0.05) is 5.56 Å². The van der Waals surface area contributed by atoms with E-state index in [9.17, 15) is 14.0 Å². The van der Waals surface area contributed by atoms with Gasteiger partial charge in [0.15, 0.2) is 0 Å². The smallest absolute Gasteiger partial charge is 0.265 e. The van der Waals surface area contributed by atoms with E-state index in [0.717, 1.165) is 0 Å². The molecule has 1 atom stereocenters. The summed E-state index contributed by atoms with van der Waals surface area (Å²) < 4.78 is 14.2. The Hall–Kier alpha value is -2.99. The van der Waals surface area contributed by atoms with Crippen molar-refractivity contribution in [2.75, 3.05) is 0 Å². The maximum Gasteiger partial charge on any atom is 0.265 e. The molecule has 0 saturated heterocycles. The maximum absolute atomic E-state index is 14.2. The van der Waals surface area contributed by atoms with Gasteiger partial charge in [0.1, 0.15) is 11.9 Å². The molecular weight excluding hydrogens is 351 g/mol. The van der Waals surface area contributed by atoms with Crippen molar-refractivity contribution in [2.45, 2.75) is 12.6 Å². The number of nitrogens with two attached hydrogens (primary N) is 1. The van der Waals surface area contributed by atoms with Crippen LogP contribution in [0.3, 0.4) is 0 Å². The van der Waals surface area contributed by atoms with Crippen molar-refractivity contribution in [1.82, 2.24) is 4.90 Å². The Morgan fingerprint density at radius 3 is 2.31 bits per heavy atom. The lowest BCUT2D eigenvalue weighted by molar-refractivity contribution is -0.122. The van der Waals surface area contributed by atoms with Crippen molar-refractivity contribution >= 4 is 23.2 Å². The first kappa shape index (κ1) is 17.8. The number of halogens is 1. The average molecular weight is 368 g/mol. The van der Waals surface area contributed by atoms with Crippen LogP contribution >= 0.6 is 11.3 Å². The van der Waals surface area contributed by atoms with Crippen LogP contribution in [0.1, 0.15) is 26.8 Å². The summed E-state index contributed by atoms with van der Waals surface area (Å²) in [6, 6.07) is 17.4. The van der Waals surface area contributed by atoms with Gasteiger partial charge in [-0.2, -0.15) is 0 Å². The molecule has 2 N–H and O–H groups in total. The minimum absolute atomic E-state index is 0.0636. The topological polar surface area (TPSA) is 63.4 Å². The number of thiophene rings is 1. The molecule has 4 nitrogen and oxygen atoms in total. The summed E-state index contributed by atoms with van der Waals surface area (Å²) in [5, 5.41) is 1.77. The quantitative estimate of drug-likeness (QED) is 0.720.